The molecule has 0 bridgehead atoms. The van der Waals surface area contributed by atoms with E-state index in [2.05, 4.69) is 11.1 Å². The van der Waals surface area contributed by atoms with Crippen molar-refractivity contribution in [2.75, 3.05) is 27.1 Å². The van der Waals surface area contributed by atoms with E-state index in [1.165, 1.54) is 0 Å². The van der Waals surface area contributed by atoms with Crippen LogP contribution in [0.4, 0.5) is 5.82 Å². The lowest BCUT2D eigenvalue weighted by molar-refractivity contribution is 0.242. The smallest absolute Gasteiger partial charge is 0.203 e. The maximum Gasteiger partial charge on any atom is 0.203 e. The normalized spacial score (nSPS) is 10.5. The van der Waals surface area contributed by atoms with Gasteiger partial charge < -0.3 is 24.7 Å². The summed E-state index contributed by atoms with van der Waals surface area (Å²) in [7, 11) is 4.64. The number of methoxy groups -OCH3 is 3. The summed E-state index contributed by atoms with van der Waals surface area (Å²) in [6, 6.07) is 15.1. The van der Waals surface area contributed by atoms with Gasteiger partial charge in [-0.15, -0.1) is 0 Å². The third-order valence-electron chi connectivity index (χ3n) is 4.66. The molecular formula is C24H25N3O4. The standard InChI is InChI=1S/C24H25N3O4/c1-14(2)31-17-8-6-15(7-9-17)18-12-20(27-24(26)19(18)13-25)16-10-21(28-3)23(30-5)22(11-16)29-4/h6-12,14H,1-5H3,(H2,26,27). The van der Waals surface area contributed by atoms with Crippen LogP contribution in [-0.4, -0.2) is 32.4 Å². The van der Waals surface area contributed by atoms with Crippen LogP contribution in [0.5, 0.6) is 23.0 Å². The minimum absolute atomic E-state index is 0.0729. The van der Waals surface area contributed by atoms with E-state index in [1.807, 2.05) is 44.2 Å². The SMILES string of the molecule is COc1cc(-c2cc(-c3ccc(OC(C)C)cc3)c(C#N)c(N)n2)cc(OC)c1OC. The van der Waals surface area contributed by atoms with Crippen molar-refractivity contribution in [3.05, 3.63) is 48.0 Å². The van der Waals surface area contributed by atoms with Crippen LogP contribution in [0.15, 0.2) is 42.5 Å². The van der Waals surface area contributed by atoms with Gasteiger partial charge in [-0.2, -0.15) is 5.26 Å². The molecule has 31 heavy (non-hydrogen) atoms. The number of pyridine rings is 1. The van der Waals surface area contributed by atoms with Crippen LogP contribution in [0.3, 0.4) is 0 Å². The molecule has 2 N–H and O–H groups in total. The molecule has 0 aliphatic heterocycles. The Morgan fingerprint density at radius 3 is 2.00 bits per heavy atom. The van der Waals surface area contributed by atoms with E-state index in [0.717, 1.165) is 11.3 Å². The zero-order chi connectivity index (χ0) is 22.5. The van der Waals surface area contributed by atoms with Crippen molar-refractivity contribution in [2.45, 2.75) is 20.0 Å². The van der Waals surface area contributed by atoms with Crippen LogP contribution in [0.25, 0.3) is 22.4 Å². The summed E-state index contributed by atoms with van der Waals surface area (Å²) in [4.78, 5) is 4.44. The predicted molar refractivity (Wildman–Crippen MR) is 120 cm³/mol. The summed E-state index contributed by atoms with van der Waals surface area (Å²) < 4.78 is 22.0. The molecule has 0 saturated heterocycles. The minimum atomic E-state index is 0.0729. The molecule has 0 saturated carbocycles. The first-order valence-corrected chi connectivity index (χ1v) is 9.69. The molecule has 160 valence electrons. The van der Waals surface area contributed by atoms with E-state index in [-0.39, 0.29) is 11.9 Å². The number of hydrogen-bond donors (Lipinski definition) is 1. The van der Waals surface area contributed by atoms with Crippen LogP contribution < -0.4 is 24.7 Å². The molecule has 0 unspecified atom stereocenters. The highest BCUT2D eigenvalue weighted by atomic mass is 16.5. The van der Waals surface area contributed by atoms with Gasteiger partial charge in [-0.05, 0) is 49.7 Å². The van der Waals surface area contributed by atoms with Crippen molar-refractivity contribution in [3.63, 3.8) is 0 Å². The number of nitrogens with zero attached hydrogens (tertiary/aromatic N) is 2. The minimum Gasteiger partial charge on any atom is -0.493 e. The number of nitriles is 1. The third-order valence-corrected chi connectivity index (χ3v) is 4.66. The van der Waals surface area contributed by atoms with E-state index in [1.54, 1.807) is 33.5 Å². The van der Waals surface area contributed by atoms with Gasteiger partial charge in [0, 0.05) is 11.1 Å². The van der Waals surface area contributed by atoms with Gasteiger partial charge in [0.05, 0.1) is 33.1 Å². The van der Waals surface area contributed by atoms with Crippen molar-refractivity contribution in [3.8, 4) is 51.5 Å². The number of nitrogen functional groups attached to an aromatic ring is 1. The molecule has 0 atom stereocenters. The molecule has 7 heteroatoms. The van der Waals surface area contributed by atoms with Gasteiger partial charge in [-0.1, -0.05) is 12.1 Å². The predicted octanol–water partition coefficient (Wildman–Crippen LogP) is 4.68. The number of aromatic nitrogens is 1. The number of ether oxygens (including phenoxy) is 4. The van der Waals surface area contributed by atoms with Crippen LogP contribution in [0, 0.1) is 11.3 Å². The average molecular weight is 419 g/mol. The van der Waals surface area contributed by atoms with Gasteiger partial charge >= 0.3 is 0 Å². The fourth-order valence-electron chi connectivity index (χ4n) is 3.27. The summed E-state index contributed by atoms with van der Waals surface area (Å²) in [6.45, 7) is 3.93. The molecule has 0 amide bonds. The Balaban J connectivity index is 2.15. The molecule has 1 aromatic heterocycles. The lowest BCUT2D eigenvalue weighted by atomic mass is 9.98. The van der Waals surface area contributed by atoms with Crippen molar-refractivity contribution >= 4 is 5.82 Å². The topological polar surface area (TPSA) is 99.6 Å². The molecule has 0 spiro atoms. The zero-order valence-corrected chi connectivity index (χ0v) is 18.2. The average Bonchev–Trinajstić information content (AvgIpc) is 2.77. The molecular weight excluding hydrogens is 394 g/mol. The van der Waals surface area contributed by atoms with Gasteiger partial charge in [0.15, 0.2) is 11.5 Å². The monoisotopic (exact) mass is 419 g/mol. The van der Waals surface area contributed by atoms with Gasteiger partial charge in [-0.25, -0.2) is 4.98 Å². The second kappa shape index (κ2) is 9.26. The second-order valence-corrected chi connectivity index (χ2v) is 7.03. The van der Waals surface area contributed by atoms with Crippen molar-refractivity contribution < 1.29 is 18.9 Å². The number of hydrogen-bond acceptors (Lipinski definition) is 7. The molecule has 0 aliphatic carbocycles. The van der Waals surface area contributed by atoms with E-state index in [0.29, 0.717) is 39.6 Å². The molecule has 1 heterocycles. The number of rotatable bonds is 7. The Morgan fingerprint density at radius 2 is 1.52 bits per heavy atom. The molecule has 3 aromatic rings. The van der Waals surface area contributed by atoms with Crippen LogP contribution in [0.1, 0.15) is 19.4 Å². The molecule has 2 aromatic carbocycles. The van der Waals surface area contributed by atoms with E-state index in [9.17, 15) is 5.26 Å². The van der Waals surface area contributed by atoms with E-state index >= 15 is 0 Å². The van der Waals surface area contributed by atoms with Crippen LogP contribution in [-0.2, 0) is 0 Å². The van der Waals surface area contributed by atoms with Gasteiger partial charge in [0.1, 0.15) is 23.2 Å². The summed E-state index contributed by atoms with van der Waals surface area (Å²) in [5.74, 6) is 2.38. The number of benzene rings is 2. The van der Waals surface area contributed by atoms with Crippen molar-refractivity contribution in [1.82, 2.24) is 4.98 Å². The van der Waals surface area contributed by atoms with Crippen LogP contribution in [0.2, 0.25) is 0 Å². The zero-order valence-electron chi connectivity index (χ0n) is 18.2. The summed E-state index contributed by atoms with van der Waals surface area (Å²) in [5.41, 5.74) is 9.27. The summed E-state index contributed by atoms with van der Waals surface area (Å²) in [5, 5.41) is 9.68. The Bertz CT molecular complexity index is 1090. The highest BCUT2D eigenvalue weighted by molar-refractivity contribution is 5.81. The highest BCUT2D eigenvalue weighted by Crippen LogP contribution is 2.42. The third kappa shape index (κ3) is 4.48. The first-order chi connectivity index (χ1) is 14.9. The summed E-state index contributed by atoms with van der Waals surface area (Å²) in [6.07, 6.45) is 0.0729. The number of anilines is 1. The lowest BCUT2D eigenvalue weighted by Gasteiger charge is -2.15. The molecule has 0 fully saturated rings. The Labute approximate surface area is 182 Å². The molecule has 3 rings (SSSR count). The van der Waals surface area contributed by atoms with E-state index < -0.39 is 0 Å². The first-order valence-electron chi connectivity index (χ1n) is 9.69. The molecule has 7 nitrogen and oxygen atoms in total. The van der Waals surface area contributed by atoms with E-state index in [4.69, 9.17) is 24.7 Å². The Hall–Kier alpha value is -3.92. The maximum atomic E-state index is 9.68. The van der Waals surface area contributed by atoms with Crippen molar-refractivity contribution in [1.29, 1.82) is 5.26 Å². The van der Waals surface area contributed by atoms with Crippen LogP contribution >= 0.6 is 0 Å². The maximum absolute atomic E-state index is 9.68. The lowest BCUT2D eigenvalue weighted by Crippen LogP contribution is -2.05. The highest BCUT2D eigenvalue weighted by Gasteiger charge is 2.18. The van der Waals surface area contributed by atoms with Gasteiger partial charge in [0.2, 0.25) is 5.75 Å². The molecule has 0 radical (unpaired) electrons. The van der Waals surface area contributed by atoms with Crippen molar-refractivity contribution in [2.24, 2.45) is 0 Å². The fourth-order valence-corrected chi connectivity index (χ4v) is 3.27. The Morgan fingerprint density at radius 1 is 0.903 bits per heavy atom. The van der Waals surface area contributed by atoms with Gasteiger partial charge in [0.25, 0.3) is 0 Å². The fraction of sp³-hybridized carbons (Fsp3) is 0.250. The molecule has 0 aliphatic rings. The first kappa shape index (κ1) is 21.8. The second-order valence-electron chi connectivity index (χ2n) is 7.03. The Kier molecular flexibility index (Phi) is 6.51. The largest absolute Gasteiger partial charge is 0.493 e. The quantitative estimate of drug-likeness (QED) is 0.593. The number of nitrogens with two attached hydrogens (primary N) is 1. The van der Waals surface area contributed by atoms with Gasteiger partial charge in [-0.3, -0.25) is 0 Å². The summed E-state index contributed by atoms with van der Waals surface area (Å²) >= 11 is 0.